The van der Waals surface area contributed by atoms with Crippen molar-refractivity contribution in [3.05, 3.63) is 47.8 Å². The van der Waals surface area contributed by atoms with E-state index in [1.165, 1.54) is 75.5 Å². The van der Waals surface area contributed by atoms with Gasteiger partial charge in [-0.2, -0.15) is 0 Å². The monoisotopic (exact) mass is 591 g/mol. The average molecular weight is 592 g/mol. The molecule has 0 radical (unpaired) electrons. The first kappa shape index (κ1) is 31.3. The van der Waals surface area contributed by atoms with Gasteiger partial charge in [0.25, 0.3) is 0 Å². The molecule has 0 aliphatic heterocycles. The van der Waals surface area contributed by atoms with Crippen LogP contribution in [-0.2, 0) is 11.2 Å². The van der Waals surface area contributed by atoms with E-state index in [1.54, 1.807) is 12.1 Å². The van der Waals surface area contributed by atoms with E-state index in [4.69, 9.17) is 0 Å². The van der Waals surface area contributed by atoms with Gasteiger partial charge in [0.1, 0.15) is 5.82 Å². The van der Waals surface area contributed by atoms with Gasteiger partial charge in [0.2, 0.25) is 5.91 Å². The molecule has 0 aromatic heterocycles. The summed E-state index contributed by atoms with van der Waals surface area (Å²) in [5.74, 6) is 3.00. The maximum atomic E-state index is 13.3. The highest BCUT2D eigenvalue weighted by atomic mass is 19.1. The topological polar surface area (TPSA) is 49.3 Å². The Labute approximate surface area is 260 Å². The molecule has 6 rings (SSSR count). The van der Waals surface area contributed by atoms with E-state index < -0.39 is 0 Å². The van der Waals surface area contributed by atoms with Gasteiger partial charge in [0, 0.05) is 6.54 Å². The molecule has 5 unspecified atom stereocenters. The second-order valence-electron chi connectivity index (χ2n) is 17.3. The first-order valence-corrected chi connectivity index (χ1v) is 17.5. The third kappa shape index (κ3) is 4.69. The second-order valence-corrected chi connectivity index (χ2v) is 17.3. The number of carbonyl (C=O) groups excluding carboxylic acids is 1. The maximum Gasteiger partial charge on any atom is 0.224 e. The van der Waals surface area contributed by atoms with E-state index in [0.717, 1.165) is 30.9 Å². The summed E-state index contributed by atoms with van der Waals surface area (Å²) < 4.78 is 13.3. The number of benzene rings is 1. The molecule has 2 N–H and O–H groups in total. The van der Waals surface area contributed by atoms with Gasteiger partial charge in [-0.3, -0.25) is 4.79 Å². The molecule has 5 aliphatic carbocycles. The SMILES string of the molecule is C=C(C)C1CC[C@]2(CCNC(=O)Cc3ccc(F)cc3)CC[C@]3(C)C(CCC4[C@@]5(C)CC[C@H](O)C(C)(C)C5CC[C@]43C)C12. The van der Waals surface area contributed by atoms with Gasteiger partial charge in [-0.25, -0.2) is 4.39 Å². The summed E-state index contributed by atoms with van der Waals surface area (Å²) in [6.45, 7) is 20.2. The Morgan fingerprint density at radius 1 is 0.907 bits per heavy atom. The van der Waals surface area contributed by atoms with Crippen LogP contribution in [0.5, 0.6) is 0 Å². The van der Waals surface area contributed by atoms with Crippen molar-refractivity contribution >= 4 is 5.91 Å². The molecule has 10 atom stereocenters. The highest BCUT2D eigenvalue weighted by Gasteiger charge is 2.70. The van der Waals surface area contributed by atoms with Crippen molar-refractivity contribution in [3.8, 4) is 0 Å². The third-order valence-electron chi connectivity index (χ3n) is 15.4. The van der Waals surface area contributed by atoms with Crippen LogP contribution >= 0.6 is 0 Å². The fourth-order valence-electron chi connectivity index (χ4n) is 13.0. The number of aliphatic hydroxyl groups excluding tert-OH is 1. The fraction of sp³-hybridized carbons (Fsp3) is 0.769. The Hall–Kier alpha value is -1.68. The first-order valence-electron chi connectivity index (χ1n) is 17.5. The standard InChI is InChI=1S/C39H58FNO2/c1-25(2)28-14-19-39(22-23-41-33(43)24-26-8-10-27(40)11-9-26)21-20-37(6)29(34(28)39)12-13-31-36(5)17-16-32(42)35(3,4)30(36)15-18-38(31,37)7/h8-11,28-32,34,42H,1,12-24H2,2-7H3,(H,41,43)/t28?,29?,30?,31?,32-,34?,36-,37+,38+,39+/m0/s1. The lowest BCUT2D eigenvalue weighted by Crippen LogP contribution is -2.66. The number of amides is 1. The predicted molar refractivity (Wildman–Crippen MR) is 173 cm³/mol. The van der Waals surface area contributed by atoms with Crippen LogP contribution in [0.4, 0.5) is 4.39 Å². The van der Waals surface area contributed by atoms with E-state index in [-0.39, 0.29) is 28.7 Å². The third-order valence-corrected chi connectivity index (χ3v) is 15.4. The zero-order valence-corrected chi connectivity index (χ0v) is 27.9. The Kier molecular flexibility index (Phi) is 7.79. The van der Waals surface area contributed by atoms with Crippen molar-refractivity contribution in [2.45, 2.75) is 125 Å². The van der Waals surface area contributed by atoms with E-state index in [2.05, 4.69) is 53.4 Å². The lowest BCUT2D eigenvalue weighted by Gasteiger charge is -2.73. The average Bonchev–Trinajstić information content (AvgIpc) is 3.33. The minimum atomic E-state index is -0.265. The molecule has 5 fully saturated rings. The van der Waals surface area contributed by atoms with Crippen molar-refractivity contribution in [3.63, 3.8) is 0 Å². The van der Waals surface area contributed by atoms with Crippen LogP contribution in [0.1, 0.15) is 118 Å². The molecule has 1 aromatic carbocycles. The van der Waals surface area contributed by atoms with Crippen LogP contribution in [0.25, 0.3) is 0 Å². The Morgan fingerprint density at radius 3 is 2.33 bits per heavy atom. The predicted octanol–water partition coefficient (Wildman–Crippen LogP) is 8.89. The first-order chi connectivity index (χ1) is 20.2. The van der Waals surface area contributed by atoms with Gasteiger partial charge in [0.05, 0.1) is 12.5 Å². The number of hydrogen-bond donors (Lipinski definition) is 2. The Bertz CT molecular complexity index is 1240. The van der Waals surface area contributed by atoms with E-state index in [0.29, 0.717) is 46.3 Å². The van der Waals surface area contributed by atoms with Crippen molar-refractivity contribution in [2.24, 2.45) is 56.7 Å². The zero-order chi connectivity index (χ0) is 31.0. The molecule has 0 saturated heterocycles. The van der Waals surface area contributed by atoms with E-state index in [1.807, 2.05) is 0 Å². The lowest BCUT2D eigenvalue weighted by molar-refractivity contribution is -0.247. The van der Waals surface area contributed by atoms with Crippen molar-refractivity contribution in [1.29, 1.82) is 0 Å². The van der Waals surface area contributed by atoms with Gasteiger partial charge < -0.3 is 10.4 Å². The normalized spacial score (nSPS) is 44.8. The van der Waals surface area contributed by atoms with Gasteiger partial charge in [0.15, 0.2) is 0 Å². The lowest BCUT2D eigenvalue weighted by atomic mass is 9.32. The number of carbonyl (C=O) groups is 1. The molecular weight excluding hydrogens is 533 g/mol. The molecule has 0 heterocycles. The number of hydrogen-bond acceptors (Lipinski definition) is 2. The van der Waals surface area contributed by atoms with Crippen molar-refractivity contribution in [2.75, 3.05) is 6.54 Å². The van der Waals surface area contributed by atoms with Crippen LogP contribution in [0, 0.1) is 62.5 Å². The van der Waals surface area contributed by atoms with Gasteiger partial charge >= 0.3 is 0 Å². The molecule has 5 saturated carbocycles. The second kappa shape index (κ2) is 10.7. The number of aliphatic hydroxyl groups is 1. The van der Waals surface area contributed by atoms with Crippen molar-refractivity contribution < 1.29 is 14.3 Å². The summed E-state index contributed by atoms with van der Waals surface area (Å²) in [6, 6.07) is 6.28. The molecule has 0 spiro atoms. The highest BCUT2D eigenvalue weighted by molar-refractivity contribution is 5.78. The summed E-state index contributed by atoms with van der Waals surface area (Å²) >= 11 is 0. The number of allylic oxidation sites excluding steroid dienone is 1. The quantitative estimate of drug-likeness (QED) is 0.325. The summed E-state index contributed by atoms with van der Waals surface area (Å²) in [5, 5.41) is 14.3. The molecule has 5 aliphatic rings. The van der Waals surface area contributed by atoms with Crippen LogP contribution in [0.15, 0.2) is 36.4 Å². The van der Waals surface area contributed by atoms with Crippen LogP contribution in [0.3, 0.4) is 0 Å². The summed E-state index contributed by atoms with van der Waals surface area (Å²) in [4.78, 5) is 12.9. The molecule has 43 heavy (non-hydrogen) atoms. The number of halogens is 1. The number of rotatable bonds is 6. The fourth-order valence-corrected chi connectivity index (χ4v) is 13.0. The highest BCUT2D eigenvalue weighted by Crippen LogP contribution is 2.77. The number of nitrogens with one attached hydrogen (secondary N) is 1. The molecule has 1 aromatic rings. The summed E-state index contributed by atoms with van der Waals surface area (Å²) in [7, 11) is 0. The largest absolute Gasteiger partial charge is 0.393 e. The van der Waals surface area contributed by atoms with Crippen LogP contribution in [0.2, 0.25) is 0 Å². The minimum absolute atomic E-state index is 0.00849. The van der Waals surface area contributed by atoms with Gasteiger partial charge in [-0.1, -0.05) is 58.9 Å². The molecular formula is C39H58FNO2. The molecule has 1 amide bonds. The molecule has 0 bridgehead atoms. The molecule has 4 heteroatoms. The summed E-state index contributed by atoms with van der Waals surface area (Å²) in [6.07, 6.45) is 13.5. The zero-order valence-electron chi connectivity index (χ0n) is 27.9. The summed E-state index contributed by atoms with van der Waals surface area (Å²) in [5.41, 5.74) is 3.41. The number of fused-ring (bicyclic) bond motifs is 7. The Morgan fingerprint density at radius 2 is 1.63 bits per heavy atom. The molecule has 3 nitrogen and oxygen atoms in total. The van der Waals surface area contributed by atoms with Crippen LogP contribution < -0.4 is 5.32 Å². The van der Waals surface area contributed by atoms with Gasteiger partial charge in [-0.15, -0.1) is 0 Å². The Balaban J connectivity index is 1.23. The van der Waals surface area contributed by atoms with E-state index in [9.17, 15) is 14.3 Å². The maximum absolute atomic E-state index is 13.3. The minimum Gasteiger partial charge on any atom is -0.393 e. The molecule has 238 valence electrons. The van der Waals surface area contributed by atoms with Crippen molar-refractivity contribution in [1.82, 2.24) is 5.32 Å². The smallest absolute Gasteiger partial charge is 0.224 e. The van der Waals surface area contributed by atoms with Gasteiger partial charge in [-0.05, 0) is 152 Å². The van der Waals surface area contributed by atoms with E-state index >= 15 is 0 Å². The van der Waals surface area contributed by atoms with Crippen LogP contribution in [-0.4, -0.2) is 23.7 Å².